The molecule has 1 amide bonds. The molecule has 0 aliphatic heterocycles. The van der Waals surface area contributed by atoms with Crippen molar-refractivity contribution in [2.45, 2.75) is 24.8 Å². The number of benzene rings is 3. The molecule has 3 aromatic carbocycles. The van der Waals surface area contributed by atoms with E-state index in [9.17, 15) is 13.2 Å². The summed E-state index contributed by atoms with van der Waals surface area (Å²) >= 11 is 6.18. The first-order chi connectivity index (χ1) is 15.7. The Labute approximate surface area is 198 Å². The van der Waals surface area contributed by atoms with Crippen molar-refractivity contribution in [2.75, 3.05) is 18.9 Å². The molecule has 9 heteroatoms. The summed E-state index contributed by atoms with van der Waals surface area (Å²) in [6.45, 7) is 3.60. The minimum atomic E-state index is -4.01. The van der Waals surface area contributed by atoms with Gasteiger partial charge in [0.25, 0.3) is 15.9 Å². The van der Waals surface area contributed by atoms with Gasteiger partial charge in [0, 0.05) is 5.56 Å². The van der Waals surface area contributed by atoms with Crippen LogP contribution in [0.15, 0.2) is 65.6 Å². The van der Waals surface area contributed by atoms with E-state index in [0.29, 0.717) is 17.2 Å². The number of ether oxygens (including phenoxy) is 2. The number of anilines is 1. The molecular weight excluding hydrogens is 464 g/mol. The highest BCUT2D eigenvalue weighted by Gasteiger charge is 2.22. The number of nitrogens with one attached hydrogen (secondary N) is 2. The number of hydrogen-bond donors (Lipinski definition) is 2. The summed E-state index contributed by atoms with van der Waals surface area (Å²) in [4.78, 5) is 12.7. The lowest BCUT2D eigenvalue weighted by molar-refractivity contribution is 0.0939. The number of para-hydroxylation sites is 1. The van der Waals surface area contributed by atoms with Crippen LogP contribution in [0.2, 0.25) is 5.02 Å². The molecule has 7 nitrogen and oxygen atoms in total. The first kappa shape index (κ1) is 24.4. The van der Waals surface area contributed by atoms with Crippen LogP contribution in [0.1, 0.15) is 34.5 Å². The Hall–Kier alpha value is -3.23. The highest BCUT2D eigenvalue weighted by Crippen LogP contribution is 2.30. The molecule has 174 valence electrons. The van der Waals surface area contributed by atoms with Crippen LogP contribution >= 0.6 is 11.6 Å². The lowest BCUT2D eigenvalue weighted by Gasteiger charge is -2.17. The van der Waals surface area contributed by atoms with Crippen LogP contribution in [0.5, 0.6) is 11.5 Å². The molecule has 0 aliphatic carbocycles. The highest BCUT2D eigenvalue weighted by molar-refractivity contribution is 7.92. The molecule has 0 bridgehead atoms. The average molecular weight is 489 g/mol. The fraction of sp³-hybridized carbons (Fsp3) is 0.208. The SMILES string of the molecule is COc1ccc([C@H](C)NC(=O)c2ccc(Cl)c(S(=O)(=O)Nc3ccccc3C)c2)cc1OC. The van der Waals surface area contributed by atoms with Crippen LogP contribution < -0.4 is 19.5 Å². The molecule has 0 saturated carbocycles. The highest BCUT2D eigenvalue weighted by atomic mass is 35.5. The molecule has 3 aromatic rings. The fourth-order valence-electron chi connectivity index (χ4n) is 3.22. The second-order valence-electron chi connectivity index (χ2n) is 7.38. The van der Waals surface area contributed by atoms with E-state index in [1.165, 1.54) is 25.3 Å². The second kappa shape index (κ2) is 10.1. The van der Waals surface area contributed by atoms with Gasteiger partial charge in [0.1, 0.15) is 4.90 Å². The predicted octanol–water partition coefficient (Wildman–Crippen LogP) is 4.96. The first-order valence-electron chi connectivity index (χ1n) is 10.1. The minimum Gasteiger partial charge on any atom is -0.493 e. The maximum Gasteiger partial charge on any atom is 0.263 e. The number of halogens is 1. The monoisotopic (exact) mass is 488 g/mol. The minimum absolute atomic E-state index is 0.0144. The van der Waals surface area contributed by atoms with E-state index in [1.54, 1.807) is 44.4 Å². The van der Waals surface area contributed by atoms with Gasteiger partial charge in [-0.25, -0.2) is 8.42 Å². The molecular formula is C24H25ClN2O5S. The molecule has 0 spiro atoms. The Morgan fingerprint density at radius 3 is 2.33 bits per heavy atom. The Balaban J connectivity index is 1.84. The molecule has 0 radical (unpaired) electrons. The van der Waals surface area contributed by atoms with Crippen molar-refractivity contribution < 1.29 is 22.7 Å². The van der Waals surface area contributed by atoms with Crippen molar-refractivity contribution >= 4 is 33.2 Å². The Morgan fingerprint density at radius 2 is 1.67 bits per heavy atom. The van der Waals surface area contributed by atoms with Crippen LogP contribution in [-0.2, 0) is 10.0 Å². The van der Waals surface area contributed by atoms with Crippen LogP contribution in [0.4, 0.5) is 5.69 Å². The van der Waals surface area contributed by atoms with Crippen LogP contribution in [0, 0.1) is 6.92 Å². The summed E-state index contributed by atoms with van der Waals surface area (Å²) in [5.41, 5.74) is 2.15. The third kappa shape index (κ3) is 5.58. The number of rotatable bonds is 8. The van der Waals surface area contributed by atoms with Crippen molar-refractivity contribution in [3.63, 3.8) is 0 Å². The van der Waals surface area contributed by atoms with Gasteiger partial charge in [-0.05, 0) is 61.4 Å². The fourth-order valence-corrected chi connectivity index (χ4v) is 4.88. The normalized spacial score (nSPS) is 12.0. The molecule has 2 N–H and O–H groups in total. The van der Waals surface area contributed by atoms with Gasteiger partial charge in [-0.15, -0.1) is 0 Å². The number of carbonyl (C=O) groups excluding carboxylic acids is 1. The zero-order valence-electron chi connectivity index (χ0n) is 18.7. The van der Waals surface area contributed by atoms with E-state index in [4.69, 9.17) is 21.1 Å². The van der Waals surface area contributed by atoms with E-state index in [-0.39, 0.29) is 21.5 Å². The van der Waals surface area contributed by atoms with Crippen LogP contribution in [0.3, 0.4) is 0 Å². The van der Waals surface area contributed by atoms with E-state index in [2.05, 4.69) is 10.0 Å². The molecule has 33 heavy (non-hydrogen) atoms. The maximum absolute atomic E-state index is 13.0. The summed E-state index contributed by atoms with van der Waals surface area (Å²) in [7, 11) is -0.934. The van der Waals surface area contributed by atoms with Gasteiger partial charge < -0.3 is 14.8 Å². The molecule has 3 rings (SSSR count). The van der Waals surface area contributed by atoms with Crippen molar-refractivity contribution in [2.24, 2.45) is 0 Å². The van der Waals surface area contributed by atoms with Crippen molar-refractivity contribution in [1.29, 1.82) is 0 Å². The third-order valence-corrected chi connectivity index (χ3v) is 6.97. The molecule has 1 atom stereocenters. The van der Waals surface area contributed by atoms with Gasteiger partial charge in [0.2, 0.25) is 0 Å². The maximum atomic E-state index is 13.0. The van der Waals surface area contributed by atoms with Gasteiger partial charge in [0.15, 0.2) is 11.5 Å². The van der Waals surface area contributed by atoms with Crippen molar-refractivity contribution in [3.8, 4) is 11.5 Å². The average Bonchev–Trinajstić information content (AvgIpc) is 2.80. The molecule has 0 unspecified atom stereocenters. The molecule has 0 aliphatic rings. The number of methoxy groups -OCH3 is 2. The van der Waals surface area contributed by atoms with Crippen LogP contribution in [0.25, 0.3) is 0 Å². The van der Waals surface area contributed by atoms with E-state index < -0.39 is 15.9 Å². The smallest absolute Gasteiger partial charge is 0.263 e. The number of amides is 1. The standard InChI is InChI=1S/C24H25ClN2O5S/c1-15-7-5-6-8-20(15)27-33(29,30)23-14-18(9-11-19(23)25)24(28)26-16(2)17-10-12-21(31-3)22(13-17)32-4/h5-14,16,27H,1-4H3,(H,26,28)/t16-/m0/s1. The topological polar surface area (TPSA) is 93.7 Å². The summed E-state index contributed by atoms with van der Waals surface area (Å²) in [5.74, 6) is 0.674. The van der Waals surface area contributed by atoms with Crippen molar-refractivity contribution in [3.05, 3.63) is 82.4 Å². The lowest BCUT2D eigenvalue weighted by Crippen LogP contribution is -2.27. The first-order valence-corrected chi connectivity index (χ1v) is 11.9. The zero-order valence-corrected chi connectivity index (χ0v) is 20.3. The summed E-state index contributed by atoms with van der Waals surface area (Å²) in [6, 6.07) is 16.1. The van der Waals surface area contributed by atoms with E-state index >= 15 is 0 Å². The summed E-state index contributed by atoms with van der Waals surface area (Å²) in [5, 5.41) is 2.88. The van der Waals surface area contributed by atoms with Gasteiger partial charge in [-0.2, -0.15) is 0 Å². The van der Waals surface area contributed by atoms with Crippen LogP contribution in [-0.4, -0.2) is 28.5 Å². The quantitative estimate of drug-likeness (QED) is 0.467. The Bertz CT molecular complexity index is 1280. The number of sulfonamides is 1. The van der Waals surface area contributed by atoms with Gasteiger partial charge in [-0.1, -0.05) is 35.9 Å². The zero-order chi connectivity index (χ0) is 24.2. The van der Waals surface area contributed by atoms with E-state index in [1.807, 2.05) is 19.1 Å². The predicted molar refractivity (Wildman–Crippen MR) is 129 cm³/mol. The number of aryl methyl sites for hydroxylation is 1. The molecule has 0 fully saturated rings. The Kier molecular flexibility index (Phi) is 7.50. The summed E-state index contributed by atoms with van der Waals surface area (Å²) in [6.07, 6.45) is 0. The van der Waals surface area contributed by atoms with E-state index in [0.717, 1.165) is 11.1 Å². The van der Waals surface area contributed by atoms with Crippen molar-refractivity contribution in [1.82, 2.24) is 5.32 Å². The lowest BCUT2D eigenvalue weighted by atomic mass is 10.1. The summed E-state index contributed by atoms with van der Waals surface area (Å²) < 4.78 is 39.0. The number of carbonyl (C=O) groups is 1. The molecule has 0 saturated heterocycles. The second-order valence-corrected chi connectivity index (χ2v) is 9.43. The molecule has 0 heterocycles. The third-order valence-electron chi connectivity index (χ3n) is 5.13. The largest absolute Gasteiger partial charge is 0.493 e. The Morgan fingerprint density at radius 1 is 0.970 bits per heavy atom. The number of hydrogen-bond acceptors (Lipinski definition) is 5. The van der Waals surface area contributed by atoms with Gasteiger partial charge in [0.05, 0.1) is 31.0 Å². The van der Waals surface area contributed by atoms with Gasteiger partial charge in [-0.3, -0.25) is 9.52 Å². The molecule has 0 aromatic heterocycles. The van der Waals surface area contributed by atoms with Gasteiger partial charge >= 0.3 is 0 Å².